The number of hydrogen-bond acceptors (Lipinski definition) is 7. The van der Waals surface area contributed by atoms with Crippen LogP contribution in [-0.2, 0) is 4.74 Å². The van der Waals surface area contributed by atoms with Crippen molar-refractivity contribution in [3.63, 3.8) is 0 Å². The molecule has 0 aliphatic carbocycles. The second-order valence-corrected chi connectivity index (χ2v) is 8.59. The molecule has 1 aliphatic heterocycles. The van der Waals surface area contributed by atoms with Crippen LogP contribution in [0.1, 0.15) is 40.4 Å². The largest absolute Gasteiger partial charge is 0.496 e. The zero-order valence-corrected chi connectivity index (χ0v) is 19.7. The van der Waals surface area contributed by atoms with Crippen molar-refractivity contribution in [3.8, 4) is 11.8 Å². The number of methoxy groups -OCH3 is 1. The lowest BCUT2D eigenvalue weighted by molar-refractivity contribution is 0.0633. The first-order valence-corrected chi connectivity index (χ1v) is 11.3. The van der Waals surface area contributed by atoms with Gasteiger partial charge in [-0.15, -0.1) is 0 Å². The molecule has 1 fully saturated rings. The third-order valence-corrected chi connectivity index (χ3v) is 6.24. The summed E-state index contributed by atoms with van der Waals surface area (Å²) in [6.07, 6.45) is 0.377. The lowest BCUT2D eigenvalue weighted by Crippen LogP contribution is -2.41. The van der Waals surface area contributed by atoms with Crippen LogP contribution >= 0.6 is 11.6 Å². The van der Waals surface area contributed by atoms with Gasteiger partial charge in [0.1, 0.15) is 11.9 Å². The van der Waals surface area contributed by atoms with Crippen LogP contribution in [0.2, 0.25) is 5.02 Å². The van der Waals surface area contributed by atoms with E-state index >= 15 is 0 Å². The van der Waals surface area contributed by atoms with Crippen molar-refractivity contribution in [2.75, 3.05) is 39.0 Å². The molecule has 0 radical (unpaired) electrons. The van der Waals surface area contributed by atoms with Gasteiger partial charge in [0.25, 0.3) is 5.91 Å². The molecule has 0 bridgehead atoms. The van der Waals surface area contributed by atoms with Crippen molar-refractivity contribution < 1.29 is 19.1 Å². The van der Waals surface area contributed by atoms with Gasteiger partial charge in [-0.05, 0) is 55.6 Å². The zero-order chi connectivity index (χ0) is 24.7. The number of rotatable bonds is 8. The van der Waals surface area contributed by atoms with Crippen molar-refractivity contribution in [2.45, 2.75) is 18.9 Å². The van der Waals surface area contributed by atoms with Crippen LogP contribution in [-0.4, -0.2) is 50.2 Å². The summed E-state index contributed by atoms with van der Waals surface area (Å²) in [7, 11) is 1.47. The predicted molar refractivity (Wildman–Crippen MR) is 128 cm³/mol. The van der Waals surface area contributed by atoms with Crippen molar-refractivity contribution >= 4 is 29.3 Å². The van der Waals surface area contributed by atoms with Gasteiger partial charge in [0.15, 0.2) is 0 Å². The fraction of sp³-hybridized carbons (Fsp3) is 0.375. The summed E-state index contributed by atoms with van der Waals surface area (Å²) < 4.78 is 10.6. The Kier molecular flexibility index (Phi) is 8.57. The number of likely N-dealkylation sites (tertiary alicyclic amines) is 1. The summed E-state index contributed by atoms with van der Waals surface area (Å²) in [4.78, 5) is 26.3. The number of ether oxygens (including phenoxy) is 2. The Morgan fingerprint density at radius 1 is 1.26 bits per heavy atom. The first-order valence-electron chi connectivity index (χ1n) is 10.9. The lowest BCUT2D eigenvalue weighted by atomic mass is 9.96. The standard InChI is InChI=1S/C24H28ClN5O4/c1-33-21-11-20(27)19(25)10-18(21)23(31)29-13-16-6-8-30(9-7-16)14-22(34-24(28)32)17-4-2-15(12-26)3-5-17/h2-5,10-11,16,22H,6-9,13-14,27H2,1H3,(H2,28,32)(H,29,31). The van der Waals surface area contributed by atoms with Crippen LogP contribution in [0.25, 0.3) is 0 Å². The number of primary amides is 1. The van der Waals surface area contributed by atoms with Gasteiger partial charge in [0, 0.05) is 19.2 Å². The van der Waals surface area contributed by atoms with Crippen molar-refractivity contribution in [2.24, 2.45) is 11.7 Å². The number of piperidine rings is 1. The van der Waals surface area contributed by atoms with E-state index in [4.69, 9.17) is 37.8 Å². The zero-order valence-electron chi connectivity index (χ0n) is 18.9. The molecule has 1 aliphatic rings. The van der Waals surface area contributed by atoms with Gasteiger partial charge in [-0.3, -0.25) is 9.69 Å². The third kappa shape index (κ3) is 6.53. The number of nitrogen functional groups attached to an aromatic ring is 1. The number of halogens is 1. The average molecular weight is 486 g/mol. The molecule has 5 N–H and O–H groups in total. The number of nitrogens with one attached hydrogen (secondary N) is 1. The molecule has 1 atom stereocenters. The van der Waals surface area contributed by atoms with E-state index in [1.54, 1.807) is 24.3 Å². The van der Waals surface area contributed by atoms with Gasteiger partial charge in [0.2, 0.25) is 0 Å². The maximum atomic E-state index is 12.7. The molecule has 2 amide bonds. The van der Waals surface area contributed by atoms with E-state index in [0.29, 0.717) is 46.6 Å². The molecule has 1 heterocycles. The number of amides is 2. The summed E-state index contributed by atoms with van der Waals surface area (Å²) in [5, 5.41) is 12.2. The highest BCUT2D eigenvalue weighted by atomic mass is 35.5. The first-order chi connectivity index (χ1) is 16.3. The molecule has 180 valence electrons. The molecule has 10 heteroatoms. The molecule has 34 heavy (non-hydrogen) atoms. The molecule has 1 unspecified atom stereocenters. The Morgan fingerprint density at radius 2 is 1.94 bits per heavy atom. The minimum Gasteiger partial charge on any atom is -0.496 e. The van der Waals surface area contributed by atoms with E-state index in [1.165, 1.54) is 19.2 Å². The van der Waals surface area contributed by atoms with Gasteiger partial charge >= 0.3 is 6.09 Å². The maximum absolute atomic E-state index is 12.7. The van der Waals surface area contributed by atoms with E-state index in [0.717, 1.165) is 31.5 Å². The van der Waals surface area contributed by atoms with Gasteiger partial charge < -0.3 is 26.3 Å². The Morgan fingerprint density at radius 3 is 2.53 bits per heavy atom. The molecular weight excluding hydrogens is 458 g/mol. The Hall–Kier alpha value is -3.48. The number of hydrogen-bond donors (Lipinski definition) is 3. The highest BCUT2D eigenvalue weighted by Gasteiger charge is 2.25. The average Bonchev–Trinajstić information content (AvgIpc) is 2.84. The Balaban J connectivity index is 1.53. The summed E-state index contributed by atoms with van der Waals surface area (Å²) in [5.74, 6) is 0.412. The van der Waals surface area contributed by atoms with E-state index in [2.05, 4.69) is 16.3 Å². The van der Waals surface area contributed by atoms with Crippen molar-refractivity contribution in [1.82, 2.24) is 10.2 Å². The summed E-state index contributed by atoms with van der Waals surface area (Å²) in [6.45, 7) is 2.59. The molecule has 0 saturated carbocycles. The second kappa shape index (κ2) is 11.6. The molecule has 0 aromatic heterocycles. The van der Waals surface area contributed by atoms with Crippen molar-refractivity contribution in [1.29, 1.82) is 5.26 Å². The van der Waals surface area contributed by atoms with E-state index in [1.807, 2.05) is 0 Å². The number of nitriles is 1. The highest BCUT2D eigenvalue weighted by Crippen LogP contribution is 2.29. The second-order valence-electron chi connectivity index (χ2n) is 8.19. The van der Waals surface area contributed by atoms with Crippen LogP contribution in [0, 0.1) is 17.2 Å². The fourth-order valence-corrected chi connectivity index (χ4v) is 4.14. The van der Waals surface area contributed by atoms with Gasteiger partial charge in [-0.25, -0.2) is 4.79 Å². The minimum atomic E-state index is -0.842. The number of carbonyl (C=O) groups excluding carboxylic acids is 2. The molecular formula is C24H28ClN5O4. The summed E-state index contributed by atoms with van der Waals surface area (Å²) in [6, 6.07) is 12.0. The number of anilines is 1. The van der Waals surface area contributed by atoms with Gasteiger partial charge in [-0.1, -0.05) is 23.7 Å². The highest BCUT2D eigenvalue weighted by molar-refractivity contribution is 6.33. The predicted octanol–water partition coefficient (Wildman–Crippen LogP) is 3.08. The Bertz CT molecular complexity index is 1060. The first kappa shape index (κ1) is 25.1. The summed E-state index contributed by atoms with van der Waals surface area (Å²) >= 11 is 6.06. The Labute approximate surface area is 203 Å². The van der Waals surface area contributed by atoms with E-state index in [9.17, 15) is 9.59 Å². The number of nitrogens with zero attached hydrogens (tertiary/aromatic N) is 2. The quantitative estimate of drug-likeness (QED) is 0.487. The van der Waals surface area contributed by atoms with Crippen LogP contribution in [0.4, 0.5) is 10.5 Å². The third-order valence-electron chi connectivity index (χ3n) is 5.92. The van der Waals surface area contributed by atoms with Gasteiger partial charge in [0.05, 0.1) is 35.0 Å². The lowest BCUT2D eigenvalue weighted by Gasteiger charge is -2.34. The molecule has 0 spiro atoms. The minimum absolute atomic E-state index is 0.267. The molecule has 1 saturated heterocycles. The molecule has 2 aromatic carbocycles. The van der Waals surface area contributed by atoms with Crippen LogP contribution in [0.5, 0.6) is 5.75 Å². The van der Waals surface area contributed by atoms with Crippen molar-refractivity contribution in [3.05, 3.63) is 58.1 Å². The monoisotopic (exact) mass is 485 g/mol. The fourth-order valence-electron chi connectivity index (χ4n) is 3.98. The smallest absolute Gasteiger partial charge is 0.405 e. The van der Waals surface area contributed by atoms with Crippen LogP contribution in [0.15, 0.2) is 36.4 Å². The molecule has 9 nitrogen and oxygen atoms in total. The maximum Gasteiger partial charge on any atom is 0.405 e. The van der Waals surface area contributed by atoms with E-state index in [-0.39, 0.29) is 5.91 Å². The SMILES string of the molecule is COc1cc(N)c(Cl)cc1C(=O)NCC1CCN(CC(OC(N)=O)c2ccc(C#N)cc2)CC1. The topological polar surface area (TPSA) is 144 Å². The molecule has 2 aromatic rings. The number of nitrogens with two attached hydrogens (primary N) is 2. The van der Waals surface area contributed by atoms with Crippen LogP contribution in [0.3, 0.4) is 0 Å². The number of carbonyl (C=O) groups is 2. The van der Waals surface area contributed by atoms with Gasteiger partial charge in [-0.2, -0.15) is 5.26 Å². The normalized spacial score (nSPS) is 15.2. The summed E-state index contributed by atoms with van der Waals surface area (Å²) in [5.41, 5.74) is 13.1. The van der Waals surface area contributed by atoms with E-state index < -0.39 is 12.2 Å². The number of benzene rings is 2. The molecule has 3 rings (SSSR count). The van der Waals surface area contributed by atoms with Crippen LogP contribution < -0.4 is 21.5 Å².